The molecule has 0 saturated carbocycles. The van der Waals surface area contributed by atoms with Gasteiger partial charge in [-0.3, -0.25) is 4.79 Å². The average Bonchev–Trinajstić information content (AvgIpc) is 2.54. The summed E-state index contributed by atoms with van der Waals surface area (Å²) in [5.74, 6) is -0.566. The quantitative estimate of drug-likeness (QED) is 0.450. The number of ether oxygens (including phenoxy) is 1. The first-order chi connectivity index (χ1) is 10.9. The van der Waals surface area contributed by atoms with Gasteiger partial charge in [-0.25, -0.2) is 9.78 Å². The maximum absolute atomic E-state index is 12.0. The topological polar surface area (TPSA) is 56.3 Å². The molecule has 0 bridgehead atoms. The fraction of sp³-hybridized carbons (Fsp3) is 0.235. The maximum Gasteiger partial charge on any atom is 0.340 e. The minimum atomic E-state index is -0.678. The van der Waals surface area contributed by atoms with Gasteiger partial charge >= 0.3 is 5.97 Å². The Morgan fingerprint density at radius 3 is 2.35 bits per heavy atom. The number of hydrogen-bond donors (Lipinski definition) is 0. The molecule has 0 fully saturated rings. The highest BCUT2D eigenvalue weighted by atomic mass is 35.5. The van der Waals surface area contributed by atoms with E-state index in [-0.39, 0.29) is 28.1 Å². The third-order valence-electron chi connectivity index (χ3n) is 3.27. The highest BCUT2D eigenvalue weighted by Gasteiger charge is 2.14. The number of halogens is 2. The molecule has 2 rings (SSSR count). The standard InChI is InChI=1S/C17H15Cl2NO3/c1-10(2)11-3-5-12(6-4-11)15(21)9-23-17(22)13-7-14(18)16(19)20-8-13/h3-8,10H,9H2,1-2H3. The van der Waals surface area contributed by atoms with E-state index in [1.165, 1.54) is 12.3 Å². The zero-order chi connectivity index (χ0) is 17.0. The Morgan fingerprint density at radius 1 is 1.13 bits per heavy atom. The summed E-state index contributed by atoms with van der Waals surface area (Å²) in [6.45, 7) is 3.80. The molecule has 23 heavy (non-hydrogen) atoms. The zero-order valence-electron chi connectivity index (χ0n) is 12.7. The molecule has 4 nitrogen and oxygen atoms in total. The highest BCUT2D eigenvalue weighted by Crippen LogP contribution is 2.20. The Kier molecular flexibility index (Phi) is 5.74. The monoisotopic (exact) mass is 351 g/mol. The molecule has 0 unspecified atom stereocenters. The molecule has 0 atom stereocenters. The Bertz CT molecular complexity index is 727. The molecule has 1 aromatic carbocycles. The lowest BCUT2D eigenvalue weighted by Crippen LogP contribution is -2.14. The van der Waals surface area contributed by atoms with E-state index in [9.17, 15) is 9.59 Å². The van der Waals surface area contributed by atoms with Gasteiger partial charge in [-0.1, -0.05) is 61.3 Å². The third kappa shape index (κ3) is 4.53. The van der Waals surface area contributed by atoms with Crippen molar-refractivity contribution in [2.75, 3.05) is 6.61 Å². The van der Waals surface area contributed by atoms with Crippen LogP contribution in [0.5, 0.6) is 0 Å². The number of ketones is 1. The van der Waals surface area contributed by atoms with Crippen molar-refractivity contribution in [3.8, 4) is 0 Å². The number of carbonyl (C=O) groups excluding carboxylic acids is 2. The van der Waals surface area contributed by atoms with E-state index in [0.717, 1.165) is 5.56 Å². The first-order valence-electron chi connectivity index (χ1n) is 7.00. The van der Waals surface area contributed by atoms with Crippen molar-refractivity contribution in [2.45, 2.75) is 19.8 Å². The smallest absolute Gasteiger partial charge is 0.340 e. The van der Waals surface area contributed by atoms with Gasteiger partial charge in [0.25, 0.3) is 0 Å². The second-order valence-electron chi connectivity index (χ2n) is 5.27. The molecule has 0 radical (unpaired) electrons. The molecule has 0 saturated heterocycles. The molecule has 0 aliphatic heterocycles. The Morgan fingerprint density at radius 2 is 1.78 bits per heavy atom. The summed E-state index contributed by atoms with van der Waals surface area (Å²) in [6.07, 6.45) is 1.25. The first-order valence-corrected chi connectivity index (χ1v) is 7.75. The van der Waals surface area contributed by atoms with E-state index in [0.29, 0.717) is 11.5 Å². The van der Waals surface area contributed by atoms with Crippen LogP contribution in [0.25, 0.3) is 0 Å². The summed E-state index contributed by atoms with van der Waals surface area (Å²) >= 11 is 11.5. The van der Waals surface area contributed by atoms with E-state index in [2.05, 4.69) is 18.8 Å². The van der Waals surface area contributed by atoms with Crippen LogP contribution < -0.4 is 0 Å². The van der Waals surface area contributed by atoms with Crippen LogP contribution in [-0.2, 0) is 4.74 Å². The van der Waals surface area contributed by atoms with Gasteiger partial charge in [0.1, 0.15) is 5.15 Å². The van der Waals surface area contributed by atoms with Crippen molar-refractivity contribution in [2.24, 2.45) is 0 Å². The summed E-state index contributed by atoms with van der Waals surface area (Å²) in [7, 11) is 0. The number of pyridine rings is 1. The third-order valence-corrected chi connectivity index (χ3v) is 3.95. The second-order valence-corrected chi connectivity index (χ2v) is 6.04. The Hall–Kier alpha value is -1.91. The van der Waals surface area contributed by atoms with Gasteiger partial charge in [0.2, 0.25) is 0 Å². The van der Waals surface area contributed by atoms with Crippen LogP contribution in [0.2, 0.25) is 10.2 Å². The lowest BCUT2D eigenvalue weighted by Gasteiger charge is -2.07. The number of rotatable bonds is 5. The second kappa shape index (κ2) is 7.57. The van der Waals surface area contributed by atoms with Gasteiger partial charge in [0.15, 0.2) is 12.4 Å². The molecule has 0 spiro atoms. The summed E-state index contributed by atoms with van der Waals surface area (Å²) in [4.78, 5) is 27.7. The highest BCUT2D eigenvalue weighted by molar-refractivity contribution is 6.41. The summed E-state index contributed by atoms with van der Waals surface area (Å²) in [6, 6.07) is 8.59. The SMILES string of the molecule is CC(C)c1ccc(C(=O)COC(=O)c2cnc(Cl)c(Cl)c2)cc1. The lowest BCUT2D eigenvalue weighted by molar-refractivity contribution is 0.0474. The van der Waals surface area contributed by atoms with Crippen LogP contribution in [0.4, 0.5) is 0 Å². The van der Waals surface area contributed by atoms with E-state index in [1.54, 1.807) is 12.1 Å². The maximum atomic E-state index is 12.0. The molecule has 0 N–H and O–H groups in total. The predicted octanol–water partition coefficient (Wildman–Crippen LogP) is 4.55. The lowest BCUT2D eigenvalue weighted by atomic mass is 10.0. The summed E-state index contributed by atoms with van der Waals surface area (Å²) < 4.78 is 4.99. The predicted molar refractivity (Wildman–Crippen MR) is 89.4 cm³/mol. The zero-order valence-corrected chi connectivity index (χ0v) is 14.2. The molecule has 0 aliphatic carbocycles. The summed E-state index contributed by atoms with van der Waals surface area (Å²) in [5, 5.41) is 0.251. The van der Waals surface area contributed by atoms with Crippen LogP contribution in [-0.4, -0.2) is 23.3 Å². The van der Waals surface area contributed by atoms with Crippen molar-refractivity contribution in [3.63, 3.8) is 0 Å². The van der Waals surface area contributed by atoms with Crippen LogP contribution in [0.15, 0.2) is 36.5 Å². The number of carbonyl (C=O) groups is 2. The number of benzene rings is 1. The number of aromatic nitrogens is 1. The van der Waals surface area contributed by atoms with Crippen molar-refractivity contribution in [1.29, 1.82) is 0 Å². The number of Topliss-reactive ketones (excluding diaryl/α,β-unsaturated/α-hetero) is 1. The molecule has 1 aromatic heterocycles. The largest absolute Gasteiger partial charge is 0.454 e. The average molecular weight is 352 g/mol. The van der Waals surface area contributed by atoms with Crippen LogP contribution in [0.1, 0.15) is 46.0 Å². The fourth-order valence-corrected chi connectivity index (χ4v) is 2.15. The van der Waals surface area contributed by atoms with E-state index >= 15 is 0 Å². The van der Waals surface area contributed by atoms with Gasteiger partial charge in [0.05, 0.1) is 10.6 Å². The van der Waals surface area contributed by atoms with Crippen LogP contribution >= 0.6 is 23.2 Å². The molecule has 120 valence electrons. The molecule has 1 heterocycles. The Labute approximate surface area is 144 Å². The van der Waals surface area contributed by atoms with Gasteiger partial charge in [-0.15, -0.1) is 0 Å². The van der Waals surface area contributed by atoms with Crippen molar-refractivity contribution in [3.05, 3.63) is 63.4 Å². The molecule has 6 heteroatoms. The molecule has 2 aromatic rings. The van der Waals surface area contributed by atoms with Crippen molar-refractivity contribution < 1.29 is 14.3 Å². The van der Waals surface area contributed by atoms with Crippen LogP contribution in [0, 0.1) is 0 Å². The van der Waals surface area contributed by atoms with E-state index < -0.39 is 5.97 Å². The number of esters is 1. The number of hydrogen-bond acceptors (Lipinski definition) is 4. The minimum Gasteiger partial charge on any atom is -0.454 e. The fourth-order valence-electron chi connectivity index (χ4n) is 1.88. The Balaban J connectivity index is 1.98. The molecular weight excluding hydrogens is 337 g/mol. The minimum absolute atomic E-state index is 0.101. The molecule has 0 aliphatic rings. The first kappa shape index (κ1) is 17.4. The molecular formula is C17H15Cl2NO3. The van der Waals surface area contributed by atoms with Gasteiger partial charge < -0.3 is 4.74 Å². The van der Waals surface area contributed by atoms with Gasteiger partial charge in [-0.05, 0) is 17.5 Å². The van der Waals surface area contributed by atoms with Gasteiger partial charge in [0, 0.05) is 11.8 Å². The van der Waals surface area contributed by atoms with E-state index in [4.69, 9.17) is 27.9 Å². The number of nitrogens with zero attached hydrogens (tertiary/aromatic N) is 1. The van der Waals surface area contributed by atoms with E-state index in [1.807, 2.05) is 12.1 Å². The molecule has 0 amide bonds. The van der Waals surface area contributed by atoms with Crippen LogP contribution in [0.3, 0.4) is 0 Å². The summed E-state index contributed by atoms with van der Waals surface area (Å²) in [5.41, 5.74) is 1.78. The van der Waals surface area contributed by atoms with Gasteiger partial charge in [-0.2, -0.15) is 0 Å². The van der Waals surface area contributed by atoms with Crippen molar-refractivity contribution in [1.82, 2.24) is 4.98 Å². The normalized spacial score (nSPS) is 10.7. The van der Waals surface area contributed by atoms with Crippen molar-refractivity contribution >= 4 is 35.0 Å².